The third-order valence-corrected chi connectivity index (χ3v) is 7.50. The van der Waals surface area contributed by atoms with E-state index in [1.54, 1.807) is 18.6 Å². The topological polar surface area (TPSA) is 63.5 Å². The summed E-state index contributed by atoms with van der Waals surface area (Å²) in [6.45, 7) is 5.54. The lowest BCUT2D eigenvalue weighted by Gasteiger charge is -2.27. The highest BCUT2D eigenvalue weighted by molar-refractivity contribution is 6.04. The van der Waals surface area contributed by atoms with Crippen LogP contribution >= 0.6 is 0 Å². The van der Waals surface area contributed by atoms with E-state index in [9.17, 15) is 4.79 Å². The zero-order chi connectivity index (χ0) is 26.5. The minimum Gasteiger partial charge on any atom is -0.491 e. The molecule has 1 aliphatic rings. The van der Waals surface area contributed by atoms with Gasteiger partial charge in [0.2, 0.25) is 0 Å². The molecule has 0 N–H and O–H groups in total. The third kappa shape index (κ3) is 5.89. The second-order valence-electron chi connectivity index (χ2n) is 10.4. The lowest BCUT2D eigenvalue weighted by molar-refractivity contribution is 0.0726. The summed E-state index contributed by atoms with van der Waals surface area (Å²) < 4.78 is 8.13. The number of carbonyl (C=O) groups excluding carboxylic acids is 1. The Labute approximate surface area is 225 Å². The third-order valence-electron chi connectivity index (χ3n) is 7.50. The van der Waals surface area contributed by atoms with Gasteiger partial charge in [0.25, 0.3) is 5.91 Å². The zero-order valence-corrected chi connectivity index (χ0v) is 22.6. The number of pyridine rings is 1. The standard InChI is InChI=1S/C31H37N5O2/c1-23-11-12-28-26(20-23)21-34(2)17-14-25(24-8-5-4-6-9-24)10-7-16-36(18-19-38-28)31(37)27-13-15-32-30-29(27)33-22-35(30)3/h4-6,8-9,11-13,15,20,22,25H,7,10,14,16-19,21H2,1-3H3. The Hall–Kier alpha value is -3.71. The predicted octanol–water partition coefficient (Wildman–Crippen LogP) is 5.20. The SMILES string of the molecule is Cc1ccc2c(c1)CN(C)CCC(c1ccccc1)CCCN(C(=O)c1ccnc3c1ncn3C)CCO2. The van der Waals surface area contributed by atoms with E-state index in [1.807, 2.05) is 16.5 Å². The summed E-state index contributed by atoms with van der Waals surface area (Å²) in [5.41, 5.74) is 5.72. The van der Waals surface area contributed by atoms with Crippen LogP contribution in [0.4, 0.5) is 0 Å². The van der Waals surface area contributed by atoms with Crippen molar-refractivity contribution in [2.45, 2.75) is 38.6 Å². The summed E-state index contributed by atoms with van der Waals surface area (Å²) in [4.78, 5) is 27.0. The number of carbonyl (C=O) groups is 1. The molecule has 0 fully saturated rings. The van der Waals surface area contributed by atoms with Crippen LogP contribution in [0.15, 0.2) is 67.1 Å². The number of ether oxygens (including phenoxy) is 1. The molecule has 38 heavy (non-hydrogen) atoms. The molecule has 0 saturated carbocycles. The maximum atomic E-state index is 13.8. The average Bonchev–Trinajstić information content (AvgIpc) is 3.31. The predicted molar refractivity (Wildman–Crippen MR) is 150 cm³/mol. The van der Waals surface area contributed by atoms with Gasteiger partial charge in [0.15, 0.2) is 5.65 Å². The summed E-state index contributed by atoms with van der Waals surface area (Å²) in [6.07, 6.45) is 6.41. The highest BCUT2D eigenvalue weighted by Gasteiger charge is 2.22. The number of rotatable bonds is 2. The van der Waals surface area contributed by atoms with Crippen LogP contribution in [0.5, 0.6) is 5.75 Å². The first-order valence-electron chi connectivity index (χ1n) is 13.5. The van der Waals surface area contributed by atoms with Crippen molar-refractivity contribution in [3.8, 4) is 5.75 Å². The Morgan fingerprint density at radius 1 is 0.974 bits per heavy atom. The summed E-state index contributed by atoms with van der Waals surface area (Å²) in [5, 5.41) is 0. The molecule has 5 rings (SSSR count). The van der Waals surface area contributed by atoms with Crippen molar-refractivity contribution in [2.24, 2.45) is 7.05 Å². The molecule has 3 heterocycles. The first-order chi connectivity index (χ1) is 18.5. The lowest BCUT2D eigenvalue weighted by atomic mass is 9.91. The van der Waals surface area contributed by atoms with Gasteiger partial charge in [-0.25, -0.2) is 9.97 Å². The first kappa shape index (κ1) is 25.9. The van der Waals surface area contributed by atoms with Crippen LogP contribution in [-0.2, 0) is 13.6 Å². The number of hydrogen-bond acceptors (Lipinski definition) is 5. The fourth-order valence-corrected chi connectivity index (χ4v) is 5.40. The van der Waals surface area contributed by atoms with Crippen LogP contribution in [0.3, 0.4) is 0 Å². The van der Waals surface area contributed by atoms with Crippen LogP contribution in [0.2, 0.25) is 0 Å². The maximum absolute atomic E-state index is 13.8. The fourth-order valence-electron chi connectivity index (χ4n) is 5.40. The van der Waals surface area contributed by atoms with Gasteiger partial charge >= 0.3 is 0 Å². The fraction of sp³-hybridized carbons (Fsp3) is 0.387. The Kier molecular flexibility index (Phi) is 8.03. The number of hydrogen-bond donors (Lipinski definition) is 0. The Bertz CT molecular complexity index is 1380. The van der Waals surface area contributed by atoms with Crippen molar-refractivity contribution in [1.29, 1.82) is 0 Å². The molecule has 0 aliphatic carbocycles. The quantitative estimate of drug-likeness (QED) is 0.370. The largest absolute Gasteiger partial charge is 0.491 e. The second-order valence-corrected chi connectivity index (χ2v) is 10.4. The number of amides is 1. The Morgan fingerprint density at radius 2 is 1.82 bits per heavy atom. The molecule has 1 aliphatic heterocycles. The number of aryl methyl sites for hydroxylation is 2. The molecule has 0 radical (unpaired) electrons. The molecule has 0 spiro atoms. The summed E-state index contributed by atoms with van der Waals surface area (Å²) in [5.74, 6) is 1.31. The highest BCUT2D eigenvalue weighted by Crippen LogP contribution is 2.28. The summed E-state index contributed by atoms with van der Waals surface area (Å²) in [7, 11) is 4.08. The van der Waals surface area contributed by atoms with E-state index in [-0.39, 0.29) is 5.91 Å². The molecule has 2 aromatic carbocycles. The second kappa shape index (κ2) is 11.8. The van der Waals surface area contributed by atoms with Gasteiger partial charge in [-0.3, -0.25) is 4.79 Å². The highest BCUT2D eigenvalue weighted by atomic mass is 16.5. The van der Waals surface area contributed by atoms with E-state index in [2.05, 4.69) is 77.4 Å². The van der Waals surface area contributed by atoms with Gasteiger partial charge in [-0.2, -0.15) is 0 Å². The van der Waals surface area contributed by atoms with Gasteiger partial charge < -0.3 is 19.1 Å². The van der Waals surface area contributed by atoms with E-state index >= 15 is 0 Å². The minimum absolute atomic E-state index is 0.0214. The number of nitrogens with zero attached hydrogens (tertiary/aromatic N) is 5. The van der Waals surface area contributed by atoms with E-state index in [0.29, 0.717) is 42.3 Å². The molecule has 1 unspecified atom stereocenters. The van der Waals surface area contributed by atoms with Gasteiger partial charge in [0, 0.05) is 31.9 Å². The van der Waals surface area contributed by atoms with E-state index < -0.39 is 0 Å². The first-order valence-corrected chi connectivity index (χ1v) is 13.5. The number of imidazole rings is 1. The van der Waals surface area contributed by atoms with Gasteiger partial charge in [0.05, 0.1) is 18.4 Å². The monoisotopic (exact) mass is 511 g/mol. The van der Waals surface area contributed by atoms with E-state index in [1.165, 1.54) is 16.7 Å². The van der Waals surface area contributed by atoms with Crippen molar-refractivity contribution in [3.63, 3.8) is 0 Å². The van der Waals surface area contributed by atoms with Gasteiger partial charge in [0.1, 0.15) is 17.9 Å². The average molecular weight is 512 g/mol. The van der Waals surface area contributed by atoms with Crippen LogP contribution in [0.1, 0.15) is 52.2 Å². The van der Waals surface area contributed by atoms with Gasteiger partial charge in [-0.05, 0) is 63.4 Å². The van der Waals surface area contributed by atoms with Crippen molar-refractivity contribution in [2.75, 3.05) is 33.3 Å². The number of fused-ring (bicyclic) bond motifs is 2. The molecule has 0 bridgehead atoms. The van der Waals surface area contributed by atoms with Crippen molar-refractivity contribution >= 4 is 17.1 Å². The number of aromatic nitrogens is 3. The molecule has 1 amide bonds. The van der Waals surface area contributed by atoms with Crippen molar-refractivity contribution in [1.82, 2.24) is 24.3 Å². The van der Waals surface area contributed by atoms with Gasteiger partial charge in [-0.15, -0.1) is 0 Å². The molecule has 198 valence electrons. The van der Waals surface area contributed by atoms with Crippen LogP contribution < -0.4 is 4.74 Å². The normalized spacial score (nSPS) is 18.0. The zero-order valence-electron chi connectivity index (χ0n) is 22.6. The Morgan fingerprint density at radius 3 is 2.66 bits per heavy atom. The smallest absolute Gasteiger partial charge is 0.256 e. The molecule has 0 saturated heterocycles. The lowest BCUT2D eigenvalue weighted by Crippen LogP contribution is -2.36. The number of benzene rings is 2. The van der Waals surface area contributed by atoms with Crippen LogP contribution in [-0.4, -0.2) is 63.5 Å². The summed E-state index contributed by atoms with van der Waals surface area (Å²) in [6, 6.07) is 18.9. The molecule has 7 heteroatoms. The molecular formula is C31H37N5O2. The van der Waals surface area contributed by atoms with Crippen molar-refractivity contribution < 1.29 is 9.53 Å². The van der Waals surface area contributed by atoms with Crippen molar-refractivity contribution in [3.05, 3.63) is 89.4 Å². The maximum Gasteiger partial charge on any atom is 0.256 e. The molecule has 7 nitrogen and oxygen atoms in total. The molecule has 1 atom stereocenters. The van der Waals surface area contributed by atoms with E-state index in [4.69, 9.17) is 4.74 Å². The van der Waals surface area contributed by atoms with Gasteiger partial charge in [-0.1, -0.05) is 48.0 Å². The molecule has 4 aromatic rings. The van der Waals surface area contributed by atoms with E-state index in [0.717, 1.165) is 38.1 Å². The Balaban J connectivity index is 1.43. The molecular weight excluding hydrogens is 474 g/mol. The van der Waals surface area contributed by atoms with Crippen LogP contribution in [0.25, 0.3) is 11.2 Å². The molecule has 2 aromatic heterocycles. The van der Waals surface area contributed by atoms with Crippen LogP contribution in [0, 0.1) is 6.92 Å². The summed E-state index contributed by atoms with van der Waals surface area (Å²) >= 11 is 0. The minimum atomic E-state index is -0.0214.